The Bertz CT molecular complexity index is 2030. The highest BCUT2D eigenvalue weighted by molar-refractivity contribution is 7.88. The van der Waals surface area contributed by atoms with E-state index in [4.69, 9.17) is 9.15 Å². The van der Waals surface area contributed by atoms with Gasteiger partial charge in [-0.05, 0) is 102 Å². The Morgan fingerprint density at radius 2 is 1.65 bits per heavy atom. The number of amides is 1. The lowest BCUT2D eigenvalue weighted by Gasteiger charge is -2.12. The number of ether oxygens (including phenoxy) is 1. The maximum atomic E-state index is 14.2. The Kier molecular flexibility index (Phi) is 8.66. The van der Waals surface area contributed by atoms with Crippen LogP contribution in [-0.4, -0.2) is 38.5 Å². The molecule has 4 N–H and O–H groups in total. The van der Waals surface area contributed by atoms with E-state index in [1.165, 1.54) is 43.4 Å². The molecule has 0 radical (unpaired) electrons. The molecule has 13 heteroatoms. The molecule has 236 valence electrons. The van der Waals surface area contributed by atoms with E-state index in [-0.39, 0.29) is 35.4 Å². The van der Waals surface area contributed by atoms with Gasteiger partial charge in [-0.25, -0.2) is 21.9 Å². The molecular weight excluding hydrogens is 617 g/mol. The Hall–Kier alpha value is -4.56. The van der Waals surface area contributed by atoms with E-state index in [2.05, 4.69) is 10.0 Å². The standard InChI is InChI=1S/C33H29BF2N2O7S/c1-37-33(39)31-27-16-26(20-3-4-20)22(18-46(42,43)38-17-19-2-13-28(34(40)41)29(36)14-19)15-30(27)45-32(31)21-5-9-24(10-6-21)44-25-11-7-23(35)8-12-25/h2,5-16,20,38,40-41H,3-4,17-18H2,1H3,(H,37,39). The number of hydrogen-bond donors (Lipinski definition) is 4. The molecule has 1 aliphatic rings. The minimum Gasteiger partial charge on any atom is -0.457 e. The zero-order valence-electron chi connectivity index (χ0n) is 24.6. The van der Waals surface area contributed by atoms with Crippen LogP contribution in [0.1, 0.15) is 45.8 Å². The molecule has 1 heterocycles. The van der Waals surface area contributed by atoms with Crippen molar-refractivity contribution in [2.45, 2.75) is 31.1 Å². The van der Waals surface area contributed by atoms with Crippen LogP contribution in [0.25, 0.3) is 22.3 Å². The minimum absolute atomic E-state index is 0.139. The van der Waals surface area contributed by atoms with E-state index >= 15 is 0 Å². The molecule has 0 spiro atoms. The summed E-state index contributed by atoms with van der Waals surface area (Å²) in [4.78, 5) is 13.1. The van der Waals surface area contributed by atoms with Crippen molar-refractivity contribution < 1.29 is 41.2 Å². The van der Waals surface area contributed by atoms with E-state index in [0.717, 1.165) is 24.5 Å². The quantitative estimate of drug-likeness (QED) is 0.153. The highest BCUT2D eigenvalue weighted by atomic mass is 32.2. The first-order valence-electron chi connectivity index (χ1n) is 14.5. The van der Waals surface area contributed by atoms with Crippen molar-refractivity contribution in [1.29, 1.82) is 0 Å². The van der Waals surface area contributed by atoms with Gasteiger partial charge in [0.25, 0.3) is 5.91 Å². The van der Waals surface area contributed by atoms with Crippen LogP contribution >= 0.6 is 0 Å². The second-order valence-corrected chi connectivity index (χ2v) is 12.9. The summed E-state index contributed by atoms with van der Waals surface area (Å²) >= 11 is 0. The average molecular weight is 646 g/mol. The molecule has 46 heavy (non-hydrogen) atoms. The molecule has 0 saturated heterocycles. The van der Waals surface area contributed by atoms with Crippen molar-refractivity contribution in [3.63, 3.8) is 0 Å². The van der Waals surface area contributed by atoms with Crippen molar-refractivity contribution in [3.8, 4) is 22.8 Å². The van der Waals surface area contributed by atoms with Crippen LogP contribution in [0.15, 0.2) is 83.3 Å². The Balaban J connectivity index is 1.29. The maximum absolute atomic E-state index is 14.2. The summed E-state index contributed by atoms with van der Waals surface area (Å²) in [5, 5.41) is 21.7. The van der Waals surface area contributed by atoms with Crippen LogP contribution < -0.4 is 20.2 Å². The Morgan fingerprint density at radius 3 is 2.26 bits per heavy atom. The predicted molar refractivity (Wildman–Crippen MR) is 169 cm³/mol. The van der Waals surface area contributed by atoms with Gasteiger partial charge in [0.2, 0.25) is 10.0 Å². The number of furan rings is 1. The lowest BCUT2D eigenvalue weighted by molar-refractivity contribution is 0.0964. The number of hydrogen-bond acceptors (Lipinski definition) is 7. The number of sulfonamides is 1. The average Bonchev–Trinajstić information content (AvgIpc) is 3.81. The SMILES string of the molecule is CNC(=O)c1c(-c2ccc(Oc3ccc(F)cc3)cc2)oc2cc(CS(=O)(=O)NCc3ccc(B(O)O)c(F)c3)c(C3CC3)cc12. The molecule has 6 rings (SSSR count). The Labute approximate surface area is 264 Å². The predicted octanol–water partition coefficient (Wildman–Crippen LogP) is 4.71. The van der Waals surface area contributed by atoms with Gasteiger partial charge in [-0.1, -0.05) is 12.1 Å². The number of nitrogens with one attached hydrogen (secondary N) is 2. The first-order chi connectivity index (χ1) is 22.0. The summed E-state index contributed by atoms with van der Waals surface area (Å²) in [5.41, 5.74) is 2.59. The van der Waals surface area contributed by atoms with Crippen LogP contribution in [0.2, 0.25) is 0 Å². The zero-order chi connectivity index (χ0) is 32.6. The third-order valence-electron chi connectivity index (χ3n) is 7.77. The highest BCUT2D eigenvalue weighted by Gasteiger charge is 2.31. The monoisotopic (exact) mass is 646 g/mol. The fraction of sp³-hybridized carbons (Fsp3) is 0.182. The highest BCUT2D eigenvalue weighted by Crippen LogP contribution is 2.45. The fourth-order valence-electron chi connectivity index (χ4n) is 5.31. The summed E-state index contributed by atoms with van der Waals surface area (Å²) < 4.78 is 68.3. The summed E-state index contributed by atoms with van der Waals surface area (Å²) in [6.45, 7) is -0.200. The second-order valence-electron chi connectivity index (χ2n) is 11.1. The number of carbonyl (C=O) groups excluding carboxylic acids is 1. The van der Waals surface area contributed by atoms with E-state index in [1.807, 2.05) is 6.07 Å². The summed E-state index contributed by atoms with van der Waals surface area (Å²) in [7, 11) is -4.37. The molecule has 4 aromatic carbocycles. The van der Waals surface area contributed by atoms with Crippen molar-refractivity contribution in [1.82, 2.24) is 10.0 Å². The van der Waals surface area contributed by atoms with Crippen molar-refractivity contribution in [3.05, 3.63) is 113 Å². The van der Waals surface area contributed by atoms with Crippen LogP contribution in [0, 0.1) is 11.6 Å². The van der Waals surface area contributed by atoms with Gasteiger partial charge in [0, 0.05) is 30.0 Å². The van der Waals surface area contributed by atoms with Crippen LogP contribution in [0.3, 0.4) is 0 Å². The van der Waals surface area contributed by atoms with Gasteiger partial charge in [0.05, 0.1) is 11.3 Å². The largest absolute Gasteiger partial charge is 0.491 e. The van der Waals surface area contributed by atoms with Crippen LogP contribution in [-0.2, 0) is 22.3 Å². The first kappa shape index (κ1) is 31.4. The smallest absolute Gasteiger partial charge is 0.457 e. The van der Waals surface area contributed by atoms with Gasteiger partial charge in [-0.3, -0.25) is 4.79 Å². The molecule has 1 saturated carbocycles. The molecule has 0 bridgehead atoms. The molecule has 9 nitrogen and oxygen atoms in total. The second kappa shape index (κ2) is 12.7. The van der Waals surface area contributed by atoms with E-state index < -0.39 is 23.0 Å². The summed E-state index contributed by atoms with van der Waals surface area (Å²) in [5.74, 6) is -0.569. The molecule has 0 atom stereocenters. The molecule has 1 amide bonds. The van der Waals surface area contributed by atoms with E-state index in [9.17, 15) is 32.0 Å². The molecule has 1 aromatic heterocycles. The normalized spacial score (nSPS) is 13.2. The van der Waals surface area contributed by atoms with Crippen molar-refractivity contribution >= 4 is 39.5 Å². The Morgan fingerprint density at radius 1 is 0.978 bits per heavy atom. The molecule has 1 fully saturated rings. The third kappa shape index (κ3) is 6.82. The van der Waals surface area contributed by atoms with Gasteiger partial charge < -0.3 is 24.5 Å². The molecule has 0 aliphatic heterocycles. The van der Waals surface area contributed by atoms with Crippen LogP contribution in [0.4, 0.5) is 8.78 Å². The van der Waals surface area contributed by atoms with Crippen LogP contribution in [0.5, 0.6) is 11.5 Å². The van der Waals surface area contributed by atoms with Gasteiger partial charge in [0.1, 0.15) is 34.5 Å². The number of rotatable bonds is 11. The molecule has 0 unspecified atom stereocenters. The maximum Gasteiger partial charge on any atom is 0.491 e. The zero-order valence-corrected chi connectivity index (χ0v) is 25.4. The van der Waals surface area contributed by atoms with E-state index in [1.54, 1.807) is 30.3 Å². The fourth-order valence-corrected chi connectivity index (χ4v) is 6.46. The third-order valence-corrected chi connectivity index (χ3v) is 9.05. The first-order valence-corrected chi connectivity index (χ1v) is 16.1. The van der Waals surface area contributed by atoms with E-state index in [0.29, 0.717) is 50.5 Å². The molecule has 1 aliphatic carbocycles. The molecule has 5 aromatic rings. The number of fused-ring (bicyclic) bond motifs is 1. The lowest BCUT2D eigenvalue weighted by Crippen LogP contribution is -2.33. The van der Waals surface area contributed by atoms with Crippen molar-refractivity contribution in [2.24, 2.45) is 0 Å². The number of benzene rings is 4. The van der Waals surface area contributed by atoms with Gasteiger partial charge in [0.15, 0.2) is 0 Å². The van der Waals surface area contributed by atoms with Gasteiger partial charge in [-0.2, -0.15) is 0 Å². The summed E-state index contributed by atoms with van der Waals surface area (Å²) in [6, 6.07) is 19.6. The molecular formula is C33H29BF2N2O7S. The summed E-state index contributed by atoms with van der Waals surface area (Å²) in [6.07, 6.45) is 1.76. The van der Waals surface area contributed by atoms with Crippen molar-refractivity contribution in [2.75, 3.05) is 7.05 Å². The van der Waals surface area contributed by atoms with Gasteiger partial charge >= 0.3 is 7.12 Å². The van der Waals surface area contributed by atoms with Gasteiger partial charge in [-0.15, -0.1) is 0 Å². The number of halogens is 2. The lowest BCUT2D eigenvalue weighted by atomic mass is 9.79. The number of carbonyl (C=O) groups is 1. The topological polar surface area (TPSA) is 138 Å². The minimum atomic E-state index is -3.91.